The molecule has 2 aliphatic rings. The SMILES string of the molecule is CC1CCN(C(=O)CCN2C(=O)C(=Cc3ccco3)SC2=S)CC1. The summed E-state index contributed by atoms with van der Waals surface area (Å²) >= 11 is 6.54. The van der Waals surface area contributed by atoms with Crippen molar-refractivity contribution in [2.45, 2.75) is 26.2 Å². The first-order valence-corrected chi connectivity index (χ1v) is 9.33. The molecule has 24 heavy (non-hydrogen) atoms. The van der Waals surface area contributed by atoms with Gasteiger partial charge in [-0.15, -0.1) is 0 Å². The molecule has 2 saturated heterocycles. The van der Waals surface area contributed by atoms with Crippen LogP contribution in [0.15, 0.2) is 27.7 Å². The van der Waals surface area contributed by atoms with Gasteiger partial charge in [-0.05, 0) is 30.9 Å². The second-order valence-corrected chi connectivity index (χ2v) is 7.84. The minimum absolute atomic E-state index is 0.103. The molecule has 0 radical (unpaired) electrons. The Morgan fingerprint density at radius 1 is 1.46 bits per heavy atom. The average Bonchev–Trinajstić information content (AvgIpc) is 3.16. The summed E-state index contributed by atoms with van der Waals surface area (Å²) < 4.78 is 5.73. The van der Waals surface area contributed by atoms with Gasteiger partial charge in [-0.2, -0.15) is 0 Å². The molecular formula is C17H20N2O3S2. The summed E-state index contributed by atoms with van der Waals surface area (Å²) in [6, 6.07) is 3.55. The number of likely N-dealkylation sites (tertiary alicyclic amines) is 1. The molecule has 0 unspecified atom stereocenters. The van der Waals surface area contributed by atoms with Crippen LogP contribution >= 0.6 is 24.0 Å². The normalized spacial score (nSPS) is 21.1. The zero-order valence-electron chi connectivity index (χ0n) is 13.6. The molecule has 3 heterocycles. The standard InChI is InChI=1S/C17H20N2O3S2/c1-12-4-7-18(8-5-12)15(20)6-9-19-16(21)14(24-17(19)23)11-13-3-2-10-22-13/h2-3,10-12H,4-9H2,1H3. The molecule has 0 bridgehead atoms. The molecule has 0 atom stereocenters. The van der Waals surface area contributed by atoms with Crippen molar-refractivity contribution in [2.75, 3.05) is 19.6 Å². The van der Waals surface area contributed by atoms with E-state index >= 15 is 0 Å². The lowest BCUT2D eigenvalue weighted by atomic mass is 9.99. The fourth-order valence-electron chi connectivity index (χ4n) is 2.82. The number of hydrogen-bond acceptors (Lipinski definition) is 5. The van der Waals surface area contributed by atoms with Crippen molar-refractivity contribution in [3.8, 4) is 0 Å². The molecule has 7 heteroatoms. The first-order valence-electron chi connectivity index (χ1n) is 8.11. The predicted molar refractivity (Wildman–Crippen MR) is 98.2 cm³/mol. The molecule has 0 N–H and O–H groups in total. The van der Waals surface area contributed by atoms with Gasteiger partial charge < -0.3 is 9.32 Å². The zero-order chi connectivity index (χ0) is 17.1. The number of piperidine rings is 1. The topological polar surface area (TPSA) is 53.8 Å². The Bertz CT molecular complexity index is 661. The first kappa shape index (κ1) is 17.2. The van der Waals surface area contributed by atoms with E-state index in [1.807, 2.05) is 4.90 Å². The van der Waals surface area contributed by atoms with Crippen LogP contribution in [0.1, 0.15) is 31.9 Å². The lowest BCUT2D eigenvalue weighted by molar-refractivity contribution is -0.133. The number of carbonyl (C=O) groups excluding carboxylic acids is 2. The fourth-order valence-corrected chi connectivity index (χ4v) is 4.11. The Balaban J connectivity index is 1.56. The van der Waals surface area contributed by atoms with Crippen LogP contribution in [-0.4, -0.2) is 45.6 Å². The highest BCUT2D eigenvalue weighted by molar-refractivity contribution is 8.26. The maximum atomic E-state index is 12.5. The summed E-state index contributed by atoms with van der Waals surface area (Å²) in [6.07, 6.45) is 5.67. The zero-order valence-corrected chi connectivity index (χ0v) is 15.2. The summed E-state index contributed by atoms with van der Waals surface area (Å²) in [4.78, 5) is 28.7. The fraction of sp³-hybridized carbons (Fsp3) is 0.471. The summed E-state index contributed by atoms with van der Waals surface area (Å²) in [5.74, 6) is 1.26. The monoisotopic (exact) mass is 364 g/mol. The van der Waals surface area contributed by atoms with Crippen LogP contribution in [0.5, 0.6) is 0 Å². The number of thiocarbonyl (C=S) groups is 1. The van der Waals surface area contributed by atoms with Gasteiger partial charge in [-0.1, -0.05) is 30.9 Å². The Kier molecular flexibility index (Phi) is 5.40. The second-order valence-electron chi connectivity index (χ2n) is 6.16. The quantitative estimate of drug-likeness (QED) is 0.607. The molecule has 0 aliphatic carbocycles. The Labute approximate surface area is 151 Å². The molecule has 5 nitrogen and oxygen atoms in total. The summed E-state index contributed by atoms with van der Waals surface area (Å²) in [5.41, 5.74) is 0. The number of carbonyl (C=O) groups is 2. The highest BCUT2D eigenvalue weighted by Crippen LogP contribution is 2.32. The smallest absolute Gasteiger partial charge is 0.266 e. The van der Waals surface area contributed by atoms with E-state index in [4.69, 9.17) is 16.6 Å². The number of thioether (sulfide) groups is 1. The number of nitrogens with zero attached hydrogens (tertiary/aromatic N) is 2. The van der Waals surface area contributed by atoms with E-state index in [-0.39, 0.29) is 11.8 Å². The Hall–Kier alpha value is -1.60. The molecule has 128 valence electrons. The van der Waals surface area contributed by atoms with Gasteiger partial charge >= 0.3 is 0 Å². The van der Waals surface area contributed by atoms with Gasteiger partial charge in [0, 0.05) is 32.1 Å². The van der Waals surface area contributed by atoms with E-state index in [2.05, 4.69) is 6.92 Å². The van der Waals surface area contributed by atoms with Crippen molar-refractivity contribution in [1.82, 2.24) is 9.80 Å². The molecule has 0 saturated carbocycles. The summed E-state index contributed by atoms with van der Waals surface area (Å²) in [5, 5.41) is 0. The van der Waals surface area contributed by atoms with Crippen LogP contribution in [0.25, 0.3) is 6.08 Å². The van der Waals surface area contributed by atoms with E-state index in [0.717, 1.165) is 25.9 Å². The minimum atomic E-state index is -0.151. The molecule has 2 amide bonds. The molecule has 0 spiro atoms. The van der Waals surface area contributed by atoms with E-state index in [1.165, 1.54) is 16.7 Å². The molecule has 0 aromatic carbocycles. The maximum absolute atomic E-state index is 12.5. The van der Waals surface area contributed by atoms with Gasteiger partial charge in [-0.3, -0.25) is 14.5 Å². The first-order chi connectivity index (χ1) is 11.5. The van der Waals surface area contributed by atoms with Gasteiger partial charge in [0.25, 0.3) is 5.91 Å². The summed E-state index contributed by atoms with van der Waals surface area (Å²) in [6.45, 7) is 4.19. The number of furan rings is 1. The second kappa shape index (κ2) is 7.53. The molecule has 2 fully saturated rings. The van der Waals surface area contributed by atoms with Crippen LogP contribution in [-0.2, 0) is 9.59 Å². The van der Waals surface area contributed by atoms with Gasteiger partial charge in [0.1, 0.15) is 10.1 Å². The molecule has 1 aromatic rings. The van der Waals surface area contributed by atoms with Crippen molar-refractivity contribution >= 4 is 46.2 Å². The minimum Gasteiger partial charge on any atom is -0.465 e. The Morgan fingerprint density at radius 2 is 2.21 bits per heavy atom. The van der Waals surface area contributed by atoms with Gasteiger partial charge in [0.05, 0.1) is 11.2 Å². The van der Waals surface area contributed by atoms with E-state index in [0.29, 0.717) is 33.9 Å². The number of hydrogen-bond donors (Lipinski definition) is 0. The largest absolute Gasteiger partial charge is 0.465 e. The molecule has 1 aromatic heterocycles. The average molecular weight is 364 g/mol. The van der Waals surface area contributed by atoms with Crippen molar-refractivity contribution in [3.63, 3.8) is 0 Å². The lowest BCUT2D eigenvalue weighted by Crippen LogP contribution is -2.40. The third-order valence-electron chi connectivity index (χ3n) is 4.38. The third-order valence-corrected chi connectivity index (χ3v) is 5.75. The van der Waals surface area contributed by atoms with Crippen LogP contribution in [0.4, 0.5) is 0 Å². The summed E-state index contributed by atoms with van der Waals surface area (Å²) in [7, 11) is 0. The number of rotatable bonds is 4. The Morgan fingerprint density at radius 3 is 2.88 bits per heavy atom. The molecule has 3 rings (SSSR count). The van der Waals surface area contributed by atoms with Gasteiger partial charge in [-0.25, -0.2) is 0 Å². The van der Waals surface area contributed by atoms with Crippen LogP contribution in [0.3, 0.4) is 0 Å². The highest BCUT2D eigenvalue weighted by Gasteiger charge is 2.33. The molecule has 2 aliphatic heterocycles. The maximum Gasteiger partial charge on any atom is 0.266 e. The highest BCUT2D eigenvalue weighted by atomic mass is 32.2. The number of amides is 2. The molecular weight excluding hydrogens is 344 g/mol. The van der Waals surface area contributed by atoms with E-state index in [1.54, 1.807) is 24.5 Å². The van der Waals surface area contributed by atoms with Crippen molar-refractivity contribution in [3.05, 3.63) is 29.1 Å². The van der Waals surface area contributed by atoms with Crippen LogP contribution in [0, 0.1) is 5.92 Å². The van der Waals surface area contributed by atoms with Gasteiger partial charge in [0.15, 0.2) is 0 Å². The van der Waals surface area contributed by atoms with Crippen molar-refractivity contribution in [1.29, 1.82) is 0 Å². The third kappa shape index (κ3) is 3.89. The van der Waals surface area contributed by atoms with Crippen LogP contribution in [0.2, 0.25) is 0 Å². The van der Waals surface area contributed by atoms with E-state index < -0.39 is 0 Å². The van der Waals surface area contributed by atoms with E-state index in [9.17, 15) is 9.59 Å². The predicted octanol–water partition coefficient (Wildman–Crippen LogP) is 3.13. The van der Waals surface area contributed by atoms with Crippen molar-refractivity contribution in [2.24, 2.45) is 5.92 Å². The lowest BCUT2D eigenvalue weighted by Gasteiger charge is -2.30. The van der Waals surface area contributed by atoms with Crippen LogP contribution < -0.4 is 0 Å². The van der Waals surface area contributed by atoms with Crippen molar-refractivity contribution < 1.29 is 14.0 Å². The van der Waals surface area contributed by atoms with Gasteiger partial charge in [0.2, 0.25) is 5.91 Å².